The minimum absolute atomic E-state index is 0.00208. The highest BCUT2D eigenvalue weighted by molar-refractivity contribution is 5.97. The van der Waals surface area contributed by atoms with Gasteiger partial charge in [0, 0.05) is 13.0 Å². The number of rotatable bonds is 5. The Hall–Kier alpha value is -1.50. The van der Waals surface area contributed by atoms with E-state index in [1.54, 1.807) is 4.90 Å². The van der Waals surface area contributed by atoms with Gasteiger partial charge in [0.25, 0.3) is 0 Å². The molecule has 2 amide bonds. The Morgan fingerprint density at radius 2 is 1.95 bits per heavy atom. The second kappa shape index (κ2) is 6.60. The van der Waals surface area contributed by atoms with E-state index in [-0.39, 0.29) is 17.7 Å². The van der Waals surface area contributed by atoms with E-state index in [9.17, 15) is 9.59 Å². The maximum Gasteiger partial charge on any atom is 0.245 e. The number of carbonyl (C=O) groups excluding carboxylic acids is 2. The van der Waals surface area contributed by atoms with Crippen LogP contribution >= 0.6 is 0 Å². The van der Waals surface area contributed by atoms with E-state index >= 15 is 0 Å². The summed E-state index contributed by atoms with van der Waals surface area (Å²) in [5.74, 6) is 2.93. The SMILES string of the molecule is C#CCCN1C(=O)C(CC(C)C)NC(=O)C1C(C)C. The quantitative estimate of drug-likeness (QED) is 0.763. The van der Waals surface area contributed by atoms with Crippen molar-refractivity contribution in [1.29, 1.82) is 0 Å². The lowest BCUT2D eigenvalue weighted by molar-refractivity contribution is -0.151. The topological polar surface area (TPSA) is 49.4 Å². The van der Waals surface area contributed by atoms with Crippen molar-refractivity contribution in [2.45, 2.75) is 52.6 Å². The van der Waals surface area contributed by atoms with Crippen molar-refractivity contribution in [2.75, 3.05) is 6.54 Å². The minimum Gasteiger partial charge on any atom is -0.342 e. The van der Waals surface area contributed by atoms with Gasteiger partial charge < -0.3 is 10.2 Å². The molecule has 1 aliphatic heterocycles. The minimum atomic E-state index is -0.403. The van der Waals surface area contributed by atoms with Gasteiger partial charge in [-0.1, -0.05) is 27.7 Å². The molecule has 0 radical (unpaired) electrons. The van der Waals surface area contributed by atoms with Crippen molar-refractivity contribution in [3.63, 3.8) is 0 Å². The number of terminal acetylenes is 1. The molecule has 1 fully saturated rings. The van der Waals surface area contributed by atoms with Crippen molar-refractivity contribution in [2.24, 2.45) is 11.8 Å². The van der Waals surface area contributed by atoms with Crippen LogP contribution in [0, 0.1) is 24.2 Å². The summed E-state index contributed by atoms with van der Waals surface area (Å²) >= 11 is 0. The average Bonchev–Trinajstić information content (AvgIpc) is 2.30. The zero-order valence-electron chi connectivity index (χ0n) is 12.3. The third kappa shape index (κ3) is 3.73. The highest BCUT2D eigenvalue weighted by atomic mass is 16.2. The Balaban J connectivity index is 2.91. The number of piperazine rings is 1. The third-order valence-corrected chi connectivity index (χ3v) is 3.34. The monoisotopic (exact) mass is 264 g/mol. The van der Waals surface area contributed by atoms with Crippen LogP contribution in [0.1, 0.15) is 40.5 Å². The smallest absolute Gasteiger partial charge is 0.245 e. The lowest BCUT2D eigenvalue weighted by Gasteiger charge is -2.41. The van der Waals surface area contributed by atoms with Crippen LogP contribution in [0.4, 0.5) is 0 Å². The first-order valence-corrected chi connectivity index (χ1v) is 6.92. The first-order valence-electron chi connectivity index (χ1n) is 6.92. The van der Waals surface area contributed by atoms with Crippen molar-refractivity contribution < 1.29 is 9.59 Å². The van der Waals surface area contributed by atoms with Gasteiger partial charge in [-0.05, 0) is 18.3 Å². The number of hydrogen-bond donors (Lipinski definition) is 1. The molecule has 2 atom stereocenters. The first-order chi connectivity index (χ1) is 8.88. The molecule has 0 aromatic rings. The molecule has 0 aromatic carbocycles. The van der Waals surface area contributed by atoms with Gasteiger partial charge in [-0.3, -0.25) is 9.59 Å². The van der Waals surface area contributed by atoms with Crippen LogP contribution < -0.4 is 5.32 Å². The molecule has 1 aliphatic rings. The lowest BCUT2D eigenvalue weighted by atomic mass is 9.93. The zero-order valence-corrected chi connectivity index (χ0v) is 12.3. The standard InChI is InChI=1S/C15H24N2O2/c1-6-7-8-17-13(11(4)5)14(18)16-12(15(17)19)9-10(2)3/h1,10-13H,7-9H2,2-5H3,(H,16,18). The van der Waals surface area contributed by atoms with Crippen LogP contribution in [-0.4, -0.2) is 35.3 Å². The molecule has 1 heterocycles. The number of carbonyl (C=O) groups is 2. The maximum atomic E-state index is 12.5. The fourth-order valence-electron chi connectivity index (χ4n) is 2.53. The predicted octanol–water partition coefficient (Wildman–Crippen LogP) is 1.41. The summed E-state index contributed by atoms with van der Waals surface area (Å²) in [6.07, 6.45) is 6.43. The predicted molar refractivity (Wildman–Crippen MR) is 75.2 cm³/mol. The van der Waals surface area contributed by atoms with Gasteiger partial charge in [0.2, 0.25) is 11.8 Å². The molecular weight excluding hydrogens is 240 g/mol. The van der Waals surface area contributed by atoms with Crippen molar-refractivity contribution >= 4 is 11.8 Å². The molecule has 4 nitrogen and oxygen atoms in total. The van der Waals surface area contributed by atoms with Gasteiger partial charge >= 0.3 is 0 Å². The molecule has 0 saturated carbocycles. The molecule has 0 aromatic heterocycles. The summed E-state index contributed by atoms with van der Waals surface area (Å²) in [5.41, 5.74) is 0. The molecule has 106 valence electrons. The molecule has 4 heteroatoms. The number of amides is 2. The van der Waals surface area contributed by atoms with Gasteiger partial charge in [0.1, 0.15) is 12.1 Å². The Morgan fingerprint density at radius 1 is 1.32 bits per heavy atom. The second-order valence-corrected chi connectivity index (χ2v) is 5.87. The van der Waals surface area contributed by atoms with E-state index < -0.39 is 12.1 Å². The van der Waals surface area contributed by atoms with Crippen molar-refractivity contribution in [3.05, 3.63) is 0 Å². The lowest BCUT2D eigenvalue weighted by Crippen LogP contribution is -2.65. The summed E-state index contributed by atoms with van der Waals surface area (Å²) in [6.45, 7) is 8.44. The molecule has 1 rings (SSSR count). The van der Waals surface area contributed by atoms with E-state index in [0.717, 1.165) is 0 Å². The van der Waals surface area contributed by atoms with Crippen LogP contribution in [-0.2, 0) is 9.59 Å². The normalized spacial score (nSPS) is 23.7. The first kappa shape index (κ1) is 15.6. The van der Waals surface area contributed by atoms with Gasteiger partial charge in [-0.15, -0.1) is 12.3 Å². The van der Waals surface area contributed by atoms with Gasteiger partial charge in [-0.25, -0.2) is 0 Å². The summed E-state index contributed by atoms with van der Waals surface area (Å²) in [5, 5.41) is 2.85. The molecule has 2 unspecified atom stereocenters. The summed E-state index contributed by atoms with van der Waals surface area (Å²) < 4.78 is 0. The van der Waals surface area contributed by atoms with Crippen LogP contribution in [0.5, 0.6) is 0 Å². The average molecular weight is 264 g/mol. The van der Waals surface area contributed by atoms with Gasteiger partial charge in [-0.2, -0.15) is 0 Å². The molecule has 19 heavy (non-hydrogen) atoms. The Kier molecular flexibility index (Phi) is 5.41. The van der Waals surface area contributed by atoms with E-state index in [2.05, 4.69) is 11.2 Å². The summed E-state index contributed by atoms with van der Waals surface area (Å²) in [6, 6.07) is -0.801. The zero-order chi connectivity index (χ0) is 14.6. The van der Waals surface area contributed by atoms with Crippen LogP contribution in [0.25, 0.3) is 0 Å². The van der Waals surface area contributed by atoms with Crippen LogP contribution in [0.3, 0.4) is 0 Å². The van der Waals surface area contributed by atoms with E-state index in [1.807, 2.05) is 27.7 Å². The number of nitrogens with zero attached hydrogens (tertiary/aromatic N) is 1. The summed E-state index contributed by atoms with van der Waals surface area (Å²) in [7, 11) is 0. The Labute approximate surface area is 115 Å². The molecule has 0 aliphatic carbocycles. The molecule has 1 N–H and O–H groups in total. The highest BCUT2D eigenvalue weighted by Gasteiger charge is 2.41. The fraction of sp³-hybridized carbons (Fsp3) is 0.733. The summed E-state index contributed by atoms with van der Waals surface area (Å²) in [4.78, 5) is 26.3. The third-order valence-electron chi connectivity index (χ3n) is 3.34. The Morgan fingerprint density at radius 3 is 2.42 bits per heavy atom. The van der Waals surface area contributed by atoms with Crippen LogP contribution in [0.2, 0.25) is 0 Å². The van der Waals surface area contributed by atoms with Gasteiger partial charge in [0.15, 0.2) is 0 Å². The van der Waals surface area contributed by atoms with E-state index in [4.69, 9.17) is 6.42 Å². The molecule has 0 spiro atoms. The van der Waals surface area contributed by atoms with Crippen LogP contribution in [0.15, 0.2) is 0 Å². The van der Waals surface area contributed by atoms with Crippen molar-refractivity contribution in [1.82, 2.24) is 10.2 Å². The molecular formula is C15H24N2O2. The highest BCUT2D eigenvalue weighted by Crippen LogP contribution is 2.20. The molecule has 1 saturated heterocycles. The Bertz CT molecular complexity index is 382. The largest absolute Gasteiger partial charge is 0.342 e. The molecule has 0 bridgehead atoms. The van der Waals surface area contributed by atoms with Crippen molar-refractivity contribution in [3.8, 4) is 12.3 Å². The fourth-order valence-corrected chi connectivity index (χ4v) is 2.53. The van der Waals surface area contributed by atoms with Gasteiger partial charge in [0.05, 0.1) is 0 Å². The number of nitrogens with one attached hydrogen (secondary N) is 1. The maximum absolute atomic E-state index is 12.5. The second-order valence-electron chi connectivity index (χ2n) is 5.87. The number of hydrogen-bond acceptors (Lipinski definition) is 2. The van der Waals surface area contributed by atoms with E-state index in [0.29, 0.717) is 25.3 Å². The van der Waals surface area contributed by atoms with E-state index in [1.165, 1.54) is 0 Å².